The van der Waals surface area contributed by atoms with Gasteiger partial charge in [-0.15, -0.1) is 0 Å². The average Bonchev–Trinajstić information content (AvgIpc) is 2.50. The summed E-state index contributed by atoms with van der Waals surface area (Å²) in [6, 6.07) is 8.31. The van der Waals surface area contributed by atoms with E-state index in [4.69, 9.17) is 0 Å². The van der Waals surface area contributed by atoms with Gasteiger partial charge in [-0.05, 0) is 44.0 Å². The fourth-order valence-corrected chi connectivity index (χ4v) is 3.43. The molecule has 21 heavy (non-hydrogen) atoms. The predicted octanol–water partition coefficient (Wildman–Crippen LogP) is 4.14. The van der Waals surface area contributed by atoms with E-state index in [1.807, 2.05) is 6.20 Å². The molecule has 0 amide bonds. The Bertz CT molecular complexity index is 606. The maximum Gasteiger partial charge on any atom is 0.133 e. The molecule has 4 heteroatoms. The summed E-state index contributed by atoms with van der Waals surface area (Å²) in [5.74, 6) is 1.88. The fourth-order valence-electron chi connectivity index (χ4n) is 2.93. The van der Waals surface area contributed by atoms with Gasteiger partial charge in [-0.2, -0.15) is 0 Å². The number of rotatable bonds is 4. The van der Waals surface area contributed by atoms with Crippen LogP contribution in [0.3, 0.4) is 0 Å². The third kappa shape index (κ3) is 3.55. The molecule has 112 valence electrons. The maximum absolute atomic E-state index is 4.49. The normalized spacial score (nSPS) is 17.2. The molecule has 0 spiro atoms. The molecular weight excluding hydrogens is 326 g/mol. The highest BCUT2D eigenvalue weighted by molar-refractivity contribution is 9.10. The molecule has 2 aromatic rings. The van der Waals surface area contributed by atoms with Crippen LogP contribution in [0.15, 0.2) is 34.9 Å². The van der Waals surface area contributed by atoms with Crippen LogP contribution in [0.1, 0.15) is 19.8 Å². The van der Waals surface area contributed by atoms with E-state index < -0.39 is 0 Å². The largest absolute Gasteiger partial charge is 0.368 e. The van der Waals surface area contributed by atoms with Crippen molar-refractivity contribution in [3.8, 4) is 0 Å². The smallest absolute Gasteiger partial charge is 0.133 e. The summed E-state index contributed by atoms with van der Waals surface area (Å²) < 4.78 is 1.12. The Kier molecular flexibility index (Phi) is 4.76. The summed E-state index contributed by atoms with van der Waals surface area (Å²) in [4.78, 5) is 7.04. The maximum atomic E-state index is 4.49. The van der Waals surface area contributed by atoms with Crippen molar-refractivity contribution in [3.63, 3.8) is 0 Å². The number of hydrogen-bond donors (Lipinski definition) is 1. The fraction of sp³-hybridized carbons (Fsp3) is 0.471. The quantitative estimate of drug-likeness (QED) is 0.900. The SMILES string of the molecule is CC1CCN(CCNc2nccc3c(Br)cccc23)CC1. The number of halogens is 1. The molecule has 3 rings (SSSR count). The van der Waals surface area contributed by atoms with Gasteiger partial charge in [0.05, 0.1) is 0 Å². The van der Waals surface area contributed by atoms with Crippen LogP contribution < -0.4 is 5.32 Å². The summed E-state index contributed by atoms with van der Waals surface area (Å²) in [6.07, 6.45) is 4.54. The van der Waals surface area contributed by atoms with Gasteiger partial charge in [0.15, 0.2) is 0 Å². The molecular formula is C17H22BrN3. The molecule has 0 radical (unpaired) electrons. The summed E-state index contributed by atoms with van der Waals surface area (Å²) >= 11 is 3.60. The number of anilines is 1. The highest BCUT2D eigenvalue weighted by Crippen LogP contribution is 2.27. The second-order valence-electron chi connectivity index (χ2n) is 5.95. The molecule has 1 aromatic carbocycles. The van der Waals surface area contributed by atoms with Gasteiger partial charge in [0, 0.05) is 34.5 Å². The molecule has 3 nitrogen and oxygen atoms in total. The van der Waals surface area contributed by atoms with Crippen LogP contribution in [0.5, 0.6) is 0 Å². The van der Waals surface area contributed by atoms with Crippen LogP contribution in [0.25, 0.3) is 10.8 Å². The monoisotopic (exact) mass is 347 g/mol. The van der Waals surface area contributed by atoms with E-state index in [1.165, 1.54) is 36.7 Å². The van der Waals surface area contributed by atoms with Crippen LogP contribution in [0, 0.1) is 5.92 Å². The minimum Gasteiger partial charge on any atom is -0.368 e. The van der Waals surface area contributed by atoms with E-state index in [0.717, 1.165) is 29.3 Å². The van der Waals surface area contributed by atoms with Crippen molar-refractivity contribution < 1.29 is 0 Å². The molecule has 0 bridgehead atoms. The number of pyridine rings is 1. The lowest BCUT2D eigenvalue weighted by molar-refractivity contribution is 0.199. The molecule has 0 atom stereocenters. The standard InChI is InChI=1S/C17H22BrN3/c1-13-6-10-21(11-7-13)12-9-20-17-15-3-2-4-16(18)14(15)5-8-19-17/h2-5,8,13H,6-7,9-12H2,1H3,(H,19,20). The van der Waals surface area contributed by atoms with E-state index in [2.05, 4.69) is 62.3 Å². The van der Waals surface area contributed by atoms with Gasteiger partial charge >= 0.3 is 0 Å². The third-order valence-corrected chi connectivity index (χ3v) is 5.04. The van der Waals surface area contributed by atoms with Crippen LogP contribution in [0.2, 0.25) is 0 Å². The number of hydrogen-bond acceptors (Lipinski definition) is 3. The molecule has 1 N–H and O–H groups in total. The van der Waals surface area contributed by atoms with Crippen molar-refractivity contribution in [1.29, 1.82) is 0 Å². The Morgan fingerprint density at radius 1 is 1.24 bits per heavy atom. The summed E-state index contributed by atoms with van der Waals surface area (Å²) in [6.45, 7) is 6.87. The van der Waals surface area contributed by atoms with Crippen molar-refractivity contribution in [3.05, 3.63) is 34.9 Å². The highest BCUT2D eigenvalue weighted by Gasteiger charge is 2.15. The summed E-state index contributed by atoms with van der Waals surface area (Å²) in [5, 5.41) is 5.89. The molecule has 1 aliphatic rings. The lowest BCUT2D eigenvalue weighted by Gasteiger charge is -2.30. The van der Waals surface area contributed by atoms with Crippen LogP contribution in [0.4, 0.5) is 5.82 Å². The van der Waals surface area contributed by atoms with Gasteiger partial charge in [0.2, 0.25) is 0 Å². The zero-order valence-corrected chi connectivity index (χ0v) is 14.1. The zero-order chi connectivity index (χ0) is 14.7. The number of aromatic nitrogens is 1. The number of benzene rings is 1. The number of nitrogens with zero attached hydrogens (tertiary/aromatic N) is 2. The van der Waals surface area contributed by atoms with Gasteiger partial charge in [0.25, 0.3) is 0 Å². The van der Waals surface area contributed by atoms with Crippen LogP contribution >= 0.6 is 15.9 Å². The van der Waals surface area contributed by atoms with E-state index >= 15 is 0 Å². The first-order valence-electron chi connectivity index (χ1n) is 7.73. The Hall–Kier alpha value is -1.13. The number of nitrogens with one attached hydrogen (secondary N) is 1. The van der Waals surface area contributed by atoms with E-state index in [0.29, 0.717) is 0 Å². The average molecular weight is 348 g/mol. The first-order chi connectivity index (χ1) is 10.2. The summed E-state index contributed by atoms with van der Waals surface area (Å²) in [7, 11) is 0. The Morgan fingerprint density at radius 3 is 2.86 bits per heavy atom. The Morgan fingerprint density at radius 2 is 2.05 bits per heavy atom. The van der Waals surface area contributed by atoms with E-state index in [1.54, 1.807) is 0 Å². The minimum atomic E-state index is 0.895. The number of fused-ring (bicyclic) bond motifs is 1. The van der Waals surface area contributed by atoms with Crippen molar-refractivity contribution >= 4 is 32.5 Å². The van der Waals surface area contributed by atoms with Crippen LogP contribution in [-0.4, -0.2) is 36.1 Å². The van der Waals surface area contributed by atoms with Crippen molar-refractivity contribution in [1.82, 2.24) is 9.88 Å². The molecule has 2 heterocycles. The van der Waals surface area contributed by atoms with E-state index in [-0.39, 0.29) is 0 Å². The van der Waals surface area contributed by atoms with Crippen molar-refractivity contribution in [2.24, 2.45) is 5.92 Å². The van der Waals surface area contributed by atoms with Crippen LogP contribution in [-0.2, 0) is 0 Å². The van der Waals surface area contributed by atoms with Gasteiger partial charge in [-0.1, -0.05) is 35.0 Å². The van der Waals surface area contributed by atoms with E-state index in [9.17, 15) is 0 Å². The second-order valence-corrected chi connectivity index (χ2v) is 6.80. The van der Waals surface area contributed by atoms with Crippen molar-refractivity contribution in [2.45, 2.75) is 19.8 Å². The predicted molar refractivity (Wildman–Crippen MR) is 92.8 cm³/mol. The molecule has 0 aliphatic carbocycles. The second kappa shape index (κ2) is 6.75. The van der Waals surface area contributed by atoms with Gasteiger partial charge in [0.1, 0.15) is 5.82 Å². The molecule has 0 unspecified atom stereocenters. The molecule has 1 saturated heterocycles. The van der Waals surface area contributed by atoms with Gasteiger partial charge in [-0.3, -0.25) is 0 Å². The lowest BCUT2D eigenvalue weighted by Crippen LogP contribution is -2.36. The molecule has 1 aliphatic heterocycles. The molecule has 1 fully saturated rings. The Labute approximate surface area is 134 Å². The van der Waals surface area contributed by atoms with Gasteiger partial charge < -0.3 is 10.2 Å². The first-order valence-corrected chi connectivity index (χ1v) is 8.53. The number of likely N-dealkylation sites (tertiary alicyclic amines) is 1. The van der Waals surface area contributed by atoms with Crippen molar-refractivity contribution in [2.75, 3.05) is 31.5 Å². The topological polar surface area (TPSA) is 28.2 Å². The van der Waals surface area contributed by atoms with Gasteiger partial charge in [-0.25, -0.2) is 4.98 Å². The highest BCUT2D eigenvalue weighted by atomic mass is 79.9. The minimum absolute atomic E-state index is 0.895. The zero-order valence-electron chi connectivity index (χ0n) is 12.5. The number of piperidine rings is 1. The molecule has 0 saturated carbocycles. The summed E-state index contributed by atoms with van der Waals surface area (Å²) in [5.41, 5.74) is 0. The third-order valence-electron chi connectivity index (χ3n) is 4.35. The first kappa shape index (κ1) is 14.8. The Balaban J connectivity index is 1.62. The lowest BCUT2D eigenvalue weighted by atomic mass is 9.99. The molecule has 1 aromatic heterocycles.